The molecule has 4 rings (SSSR count). The Balaban J connectivity index is 1.80. The van der Waals surface area contributed by atoms with E-state index in [0.717, 1.165) is 11.3 Å². The van der Waals surface area contributed by atoms with Crippen molar-refractivity contribution in [3.8, 4) is 0 Å². The van der Waals surface area contributed by atoms with E-state index >= 15 is 0 Å². The van der Waals surface area contributed by atoms with Crippen molar-refractivity contribution < 1.29 is 14.0 Å². The summed E-state index contributed by atoms with van der Waals surface area (Å²) in [5.74, 6) is -0.0882. The Hall–Kier alpha value is -3.60. The maximum absolute atomic E-state index is 13.2. The number of benzene rings is 2. The summed E-state index contributed by atoms with van der Waals surface area (Å²) >= 11 is 0. The predicted molar refractivity (Wildman–Crippen MR) is 102 cm³/mol. The number of anilines is 1. The van der Waals surface area contributed by atoms with Crippen LogP contribution in [-0.4, -0.2) is 23.8 Å². The number of imide groups is 1. The number of carbonyl (C=O) groups is 2. The first-order chi connectivity index (χ1) is 13.2. The molecule has 134 valence electrons. The van der Waals surface area contributed by atoms with Gasteiger partial charge in [-0.1, -0.05) is 48.5 Å². The summed E-state index contributed by atoms with van der Waals surface area (Å²) in [4.78, 5) is 29.4. The molecule has 0 spiro atoms. The Kier molecular flexibility index (Phi) is 4.34. The van der Waals surface area contributed by atoms with E-state index in [0.29, 0.717) is 17.0 Å². The second-order valence-corrected chi connectivity index (χ2v) is 6.26. The van der Waals surface area contributed by atoms with E-state index in [9.17, 15) is 9.59 Å². The third kappa shape index (κ3) is 3.04. The van der Waals surface area contributed by atoms with E-state index in [1.165, 1.54) is 11.2 Å². The van der Waals surface area contributed by atoms with Gasteiger partial charge in [0.2, 0.25) is 0 Å². The van der Waals surface area contributed by atoms with E-state index < -0.39 is 0 Å². The van der Waals surface area contributed by atoms with Crippen molar-refractivity contribution in [2.75, 3.05) is 11.9 Å². The predicted octanol–water partition coefficient (Wildman–Crippen LogP) is 3.70. The van der Waals surface area contributed by atoms with Crippen LogP contribution in [0.5, 0.6) is 0 Å². The lowest BCUT2D eigenvalue weighted by Crippen LogP contribution is -2.33. The van der Waals surface area contributed by atoms with Crippen LogP contribution in [0.2, 0.25) is 0 Å². The number of likely N-dealkylation sites (N-methyl/N-ethyl adjacent to an activating group) is 1. The molecule has 0 N–H and O–H groups in total. The van der Waals surface area contributed by atoms with Gasteiger partial charge in [0.1, 0.15) is 11.5 Å². The fourth-order valence-corrected chi connectivity index (χ4v) is 3.22. The molecule has 3 aromatic rings. The van der Waals surface area contributed by atoms with Crippen molar-refractivity contribution in [2.24, 2.45) is 0 Å². The van der Waals surface area contributed by atoms with Gasteiger partial charge >= 0.3 is 0 Å². The van der Waals surface area contributed by atoms with Crippen LogP contribution in [0.4, 0.5) is 5.69 Å². The molecular weight excluding hydrogens is 340 g/mol. The van der Waals surface area contributed by atoms with E-state index in [-0.39, 0.29) is 18.4 Å². The smallest absolute Gasteiger partial charge is 0.278 e. The fraction of sp³-hybridized carbons (Fsp3) is 0.0909. The summed E-state index contributed by atoms with van der Waals surface area (Å²) in [6.07, 6.45) is 1.53. The number of amides is 2. The third-order valence-electron chi connectivity index (χ3n) is 4.58. The van der Waals surface area contributed by atoms with E-state index in [1.54, 1.807) is 24.1 Å². The van der Waals surface area contributed by atoms with Gasteiger partial charge in [0, 0.05) is 12.7 Å². The molecule has 0 atom stereocenters. The SMILES string of the molecule is CN(C1=C(c2ccccc2)C(=O)N(Cc2ccco2)C1=O)c1ccccc1. The lowest BCUT2D eigenvalue weighted by Gasteiger charge is -2.21. The van der Waals surface area contributed by atoms with Crippen LogP contribution < -0.4 is 4.90 Å². The largest absolute Gasteiger partial charge is 0.467 e. The number of furan rings is 1. The zero-order chi connectivity index (χ0) is 18.8. The molecule has 5 heteroatoms. The van der Waals surface area contributed by atoms with Crippen molar-refractivity contribution in [1.29, 1.82) is 0 Å². The van der Waals surface area contributed by atoms with Gasteiger partial charge in [0.15, 0.2) is 0 Å². The number of para-hydroxylation sites is 1. The van der Waals surface area contributed by atoms with Crippen LogP contribution in [0.1, 0.15) is 11.3 Å². The zero-order valence-corrected chi connectivity index (χ0v) is 14.8. The van der Waals surface area contributed by atoms with E-state index in [4.69, 9.17) is 4.42 Å². The Morgan fingerprint density at radius 3 is 2.15 bits per heavy atom. The van der Waals surface area contributed by atoms with Gasteiger partial charge in [-0.15, -0.1) is 0 Å². The minimum absolute atomic E-state index is 0.104. The summed E-state index contributed by atoms with van der Waals surface area (Å²) in [5.41, 5.74) is 2.32. The fourth-order valence-electron chi connectivity index (χ4n) is 3.22. The molecule has 0 saturated carbocycles. The van der Waals surface area contributed by atoms with Crippen molar-refractivity contribution in [1.82, 2.24) is 4.90 Å². The zero-order valence-electron chi connectivity index (χ0n) is 14.8. The quantitative estimate of drug-likeness (QED) is 0.653. The number of rotatable bonds is 5. The molecule has 27 heavy (non-hydrogen) atoms. The molecular formula is C22H18N2O3. The first-order valence-corrected chi connectivity index (χ1v) is 8.64. The van der Waals surface area contributed by atoms with Crippen LogP contribution >= 0.6 is 0 Å². The van der Waals surface area contributed by atoms with Gasteiger partial charge in [0.05, 0.1) is 18.4 Å². The molecule has 1 aliphatic rings. The molecule has 0 radical (unpaired) electrons. The second kappa shape index (κ2) is 6.96. The highest BCUT2D eigenvalue weighted by molar-refractivity contribution is 6.36. The van der Waals surface area contributed by atoms with Gasteiger partial charge in [-0.05, 0) is 29.8 Å². The number of carbonyl (C=O) groups excluding carboxylic acids is 2. The lowest BCUT2D eigenvalue weighted by molar-refractivity contribution is -0.137. The molecule has 2 amide bonds. The Morgan fingerprint density at radius 2 is 1.52 bits per heavy atom. The minimum atomic E-state index is -0.332. The molecule has 5 nitrogen and oxygen atoms in total. The average Bonchev–Trinajstić information content (AvgIpc) is 3.31. The van der Waals surface area contributed by atoms with Gasteiger partial charge in [0.25, 0.3) is 11.8 Å². The first kappa shape index (κ1) is 16.8. The summed E-state index contributed by atoms with van der Waals surface area (Å²) in [6.45, 7) is 0.104. The molecule has 0 aliphatic carbocycles. The Bertz CT molecular complexity index is 993. The van der Waals surface area contributed by atoms with Crippen molar-refractivity contribution >= 4 is 23.1 Å². The second-order valence-electron chi connectivity index (χ2n) is 6.26. The highest BCUT2D eigenvalue weighted by Crippen LogP contribution is 2.34. The normalized spacial score (nSPS) is 14.2. The number of hydrogen-bond acceptors (Lipinski definition) is 4. The van der Waals surface area contributed by atoms with Gasteiger partial charge in [-0.25, -0.2) is 0 Å². The van der Waals surface area contributed by atoms with Gasteiger partial charge in [-0.3, -0.25) is 14.5 Å². The molecule has 1 aromatic heterocycles. The van der Waals surface area contributed by atoms with E-state index in [1.807, 2.05) is 60.7 Å². The molecule has 2 heterocycles. The standard InChI is InChI=1S/C22H18N2O3/c1-23(17-11-6-3-7-12-17)20-19(16-9-4-2-5-10-16)21(25)24(22(20)26)15-18-13-8-14-27-18/h2-14H,15H2,1H3. The number of nitrogens with zero attached hydrogens (tertiary/aromatic N) is 2. The molecule has 0 bridgehead atoms. The van der Waals surface area contributed by atoms with Crippen LogP contribution in [0.25, 0.3) is 5.57 Å². The van der Waals surface area contributed by atoms with Crippen LogP contribution in [0.3, 0.4) is 0 Å². The van der Waals surface area contributed by atoms with Crippen molar-refractivity contribution in [3.05, 3.63) is 96.1 Å². The first-order valence-electron chi connectivity index (χ1n) is 8.64. The van der Waals surface area contributed by atoms with Crippen LogP contribution in [-0.2, 0) is 16.1 Å². The summed E-state index contributed by atoms with van der Waals surface area (Å²) in [6, 6.07) is 22.3. The van der Waals surface area contributed by atoms with Gasteiger partial charge < -0.3 is 9.32 Å². The lowest BCUT2D eigenvalue weighted by atomic mass is 10.0. The monoisotopic (exact) mass is 358 g/mol. The number of hydrogen-bond donors (Lipinski definition) is 0. The van der Waals surface area contributed by atoms with E-state index in [2.05, 4.69) is 0 Å². The van der Waals surface area contributed by atoms with Crippen molar-refractivity contribution in [2.45, 2.75) is 6.54 Å². The maximum Gasteiger partial charge on any atom is 0.278 e. The topological polar surface area (TPSA) is 53.8 Å². The molecule has 1 aliphatic heterocycles. The van der Waals surface area contributed by atoms with Crippen LogP contribution in [0.15, 0.2) is 89.2 Å². The Labute approximate surface area is 157 Å². The van der Waals surface area contributed by atoms with Crippen LogP contribution in [0, 0.1) is 0 Å². The average molecular weight is 358 g/mol. The summed E-state index contributed by atoms with van der Waals surface area (Å²) in [5, 5.41) is 0. The highest BCUT2D eigenvalue weighted by atomic mass is 16.3. The van der Waals surface area contributed by atoms with Gasteiger partial charge in [-0.2, -0.15) is 0 Å². The summed E-state index contributed by atoms with van der Waals surface area (Å²) < 4.78 is 5.34. The summed E-state index contributed by atoms with van der Waals surface area (Å²) in [7, 11) is 1.80. The minimum Gasteiger partial charge on any atom is -0.467 e. The molecule has 0 unspecified atom stereocenters. The third-order valence-corrected chi connectivity index (χ3v) is 4.58. The van der Waals surface area contributed by atoms with Crippen molar-refractivity contribution in [3.63, 3.8) is 0 Å². The highest BCUT2D eigenvalue weighted by Gasteiger charge is 2.41. The Morgan fingerprint density at radius 1 is 0.852 bits per heavy atom. The maximum atomic E-state index is 13.2. The molecule has 0 saturated heterocycles. The molecule has 2 aromatic carbocycles. The molecule has 0 fully saturated rings.